The lowest BCUT2D eigenvalue weighted by molar-refractivity contribution is 0.0734. The van der Waals surface area contributed by atoms with Crippen LogP contribution in [0.5, 0.6) is 0 Å². The molecule has 0 N–H and O–H groups in total. The van der Waals surface area contributed by atoms with Crippen molar-refractivity contribution in [2.24, 2.45) is 0 Å². The SMILES string of the molecule is C[C@H](c1cccs1)N(C)C(=O)c1cc(-c2ccccc2Cl)on1. The van der Waals surface area contributed by atoms with E-state index in [9.17, 15) is 4.79 Å². The van der Waals surface area contributed by atoms with Gasteiger partial charge in [0.25, 0.3) is 5.91 Å². The molecule has 0 radical (unpaired) electrons. The molecule has 1 atom stereocenters. The zero-order valence-electron chi connectivity index (χ0n) is 12.7. The van der Waals surface area contributed by atoms with Crippen LogP contribution in [0.1, 0.15) is 28.3 Å². The van der Waals surface area contributed by atoms with Gasteiger partial charge < -0.3 is 9.42 Å². The van der Waals surface area contributed by atoms with Gasteiger partial charge in [-0.25, -0.2) is 0 Å². The standard InChI is InChI=1S/C17H15ClN2O2S/c1-11(16-8-5-9-23-16)20(2)17(21)14-10-15(22-19-14)12-6-3-4-7-13(12)18/h3-11H,1-2H3/t11-/m1/s1. The number of thiophene rings is 1. The zero-order valence-corrected chi connectivity index (χ0v) is 14.3. The first-order valence-corrected chi connectivity index (χ1v) is 8.36. The van der Waals surface area contributed by atoms with Crippen LogP contribution in [0, 0.1) is 0 Å². The quantitative estimate of drug-likeness (QED) is 0.675. The van der Waals surface area contributed by atoms with Gasteiger partial charge in [0.15, 0.2) is 11.5 Å². The number of rotatable bonds is 4. The van der Waals surface area contributed by atoms with E-state index >= 15 is 0 Å². The van der Waals surface area contributed by atoms with Gasteiger partial charge in [0, 0.05) is 23.6 Å². The van der Waals surface area contributed by atoms with Crippen LogP contribution in [0.3, 0.4) is 0 Å². The number of halogens is 1. The van der Waals surface area contributed by atoms with Crippen LogP contribution < -0.4 is 0 Å². The van der Waals surface area contributed by atoms with E-state index in [0.29, 0.717) is 10.8 Å². The molecule has 0 unspecified atom stereocenters. The molecule has 0 aliphatic rings. The molecule has 2 heterocycles. The predicted molar refractivity (Wildman–Crippen MR) is 91.8 cm³/mol. The van der Waals surface area contributed by atoms with Crippen LogP contribution in [0.4, 0.5) is 0 Å². The molecule has 0 saturated heterocycles. The summed E-state index contributed by atoms with van der Waals surface area (Å²) in [6.45, 7) is 1.98. The molecule has 23 heavy (non-hydrogen) atoms. The Balaban J connectivity index is 1.83. The molecule has 2 aromatic heterocycles. The Morgan fingerprint density at radius 3 is 2.78 bits per heavy atom. The van der Waals surface area contributed by atoms with Crippen molar-refractivity contribution in [3.8, 4) is 11.3 Å². The van der Waals surface area contributed by atoms with E-state index in [-0.39, 0.29) is 17.6 Å². The second-order valence-corrected chi connectivity index (χ2v) is 6.55. The summed E-state index contributed by atoms with van der Waals surface area (Å²) in [5, 5.41) is 6.45. The molecule has 3 aromatic rings. The fraction of sp³-hybridized carbons (Fsp3) is 0.176. The summed E-state index contributed by atoms with van der Waals surface area (Å²) >= 11 is 7.77. The Labute approximate surface area is 143 Å². The topological polar surface area (TPSA) is 46.3 Å². The summed E-state index contributed by atoms with van der Waals surface area (Å²) in [4.78, 5) is 15.4. The van der Waals surface area contributed by atoms with Crippen molar-refractivity contribution in [3.63, 3.8) is 0 Å². The smallest absolute Gasteiger partial charge is 0.276 e. The number of benzene rings is 1. The molecule has 3 rings (SSSR count). The maximum atomic E-state index is 12.6. The molecule has 1 aromatic carbocycles. The second-order valence-electron chi connectivity index (χ2n) is 5.16. The van der Waals surface area contributed by atoms with E-state index in [1.54, 1.807) is 35.4 Å². The Bertz CT molecular complexity index is 814. The maximum absolute atomic E-state index is 12.6. The van der Waals surface area contributed by atoms with Crippen molar-refractivity contribution in [2.75, 3.05) is 7.05 Å². The van der Waals surface area contributed by atoms with Crippen LogP contribution in [-0.4, -0.2) is 23.0 Å². The molecule has 6 heteroatoms. The minimum Gasteiger partial charge on any atom is -0.355 e. The average molecular weight is 347 g/mol. The lowest BCUT2D eigenvalue weighted by Gasteiger charge is -2.22. The summed E-state index contributed by atoms with van der Waals surface area (Å²) < 4.78 is 5.29. The summed E-state index contributed by atoms with van der Waals surface area (Å²) in [5.41, 5.74) is 0.987. The minimum atomic E-state index is -0.187. The maximum Gasteiger partial charge on any atom is 0.276 e. The van der Waals surface area contributed by atoms with Gasteiger partial charge in [-0.1, -0.05) is 35.0 Å². The zero-order chi connectivity index (χ0) is 16.4. The van der Waals surface area contributed by atoms with Crippen LogP contribution >= 0.6 is 22.9 Å². The molecule has 118 valence electrons. The van der Waals surface area contributed by atoms with E-state index in [1.165, 1.54) is 0 Å². The van der Waals surface area contributed by atoms with Gasteiger partial charge in [0.05, 0.1) is 11.1 Å². The first-order valence-electron chi connectivity index (χ1n) is 7.10. The summed E-state index contributed by atoms with van der Waals surface area (Å²) in [5.74, 6) is 0.295. The predicted octanol–water partition coefficient (Wildman–Crippen LogP) is 4.89. The summed E-state index contributed by atoms with van der Waals surface area (Å²) in [6, 6.07) is 12.9. The number of hydrogen-bond donors (Lipinski definition) is 0. The Kier molecular flexibility index (Phi) is 4.50. The van der Waals surface area contributed by atoms with Crippen molar-refractivity contribution >= 4 is 28.8 Å². The van der Waals surface area contributed by atoms with Gasteiger partial charge in [-0.15, -0.1) is 11.3 Å². The van der Waals surface area contributed by atoms with Crippen molar-refractivity contribution in [2.45, 2.75) is 13.0 Å². The number of amides is 1. The highest BCUT2D eigenvalue weighted by Crippen LogP contribution is 2.29. The molecule has 0 fully saturated rings. The molecule has 0 aliphatic heterocycles. The number of carbonyl (C=O) groups is 1. The van der Waals surface area contributed by atoms with E-state index in [1.807, 2.05) is 42.6 Å². The molecule has 0 saturated carbocycles. The highest BCUT2D eigenvalue weighted by atomic mass is 35.5. The van der Waals surface area contributed by atoms with Crippen molar-refractivity contribution in [1.29, 1.82) is 0 Å². The third kappa shape index (κ3) is 3.16. The average Bonchev–Trinajstić information content (AvgIpc) is 3.24. The molecular formula is C17H15ClN2O2S. The third-order valence-corrected chi connectivity index (χ3v) is 5.10. The van der Waals surface area contributed by atoms with Crippen molar-refractivity contribution in [3.05, 3.63) is 63.4 Å². The van der Waals surface area contributed by atoms with Crippen molar-refractivity contribution in [1.82, 2.24) is 10.1 Å². The first-order chi connectivity index (χ1) is 11.1. The lowest BCUT2D eigenvalue weighted by atomic mass is 10.1. The molecule has 0 aliphatic carbocycles. The molecule has 4 nitrogen and oxygen atoms in total. The van der Waals surface area contributed by atoms with Gasteiger partial charge in [-0.3, -0.25) is 4.79 Å². The minimum absolute atomic E-state index is 0.0250. The molecule has 0 bridgehead atoms. The largest absolute Gasteiger partial charge is 0.355 e. The van der Waals surface area contributed by atoms with Gasteiger partial charge in [0.1, 0.15) is 0 Å². The Hall–Kier alpha value is -2.11. The van der Waals surface area contributed by atoms with Gasteiger partial charge in [-0.05, 0) is 30.5 Å². The highest BCUT2D eigenvalue weighted by Gasteiger charge is 2.23. The number of nitrogens with zero attached hydrogens (tertiary/aromatic N) is 2. The van der Waals surface area contributed by atoms with E-state index in [0.717, 1.165) is 10.4 Å². The molecule has 0 spiro atoms. The highest BCUT2D eigenvalue weighted by molar-refractivity contribution is 7.10. The van der Waals surface area contributed by atoms with Crippen LogP contribution in [0.25, 0.3) is 11.3 Å². The Morgan fingerprint density at radius 1 is 1.30 bits per heavy atom. The first kappa shape index (κ1) is 15.8. The van der Waals surface area contributed by atoms with Crippen molar-refractivity contribution < 1.29 is 9.32 Å². The molecular weight excluding hydrogens is 332 g/mol. The van der Waals surface area contributed by atoms with E-state index in [2.05, 4.69) is 5.16 Å². The number of aromatic nitrogens is 1. The third-order valence-electron chi connectivity index (χ3n) is 3.72. The summed E-state index contributed by atoms with van der Waals surface area (Å²) in [7, 11) is 1.76. The monoisotopic (exact) mass is 346 g/mol. The van der Waals surface area contributed by atoms with E-state index < -0.39 is 0 Å². The normalized spacial score (nSPS) is 12.1. The van der Waals surface area contributed by atoms with Crippen LogP contribution in [-0.2, 0) is 0 Å². The Morgan fingerprint density at radius 2 is 2.09 bits per heavy atom. The second kappa shape index (κ2) is 6.56. The van der Waals surface area contributed by atoms with E-state index in [4.69, 9.17) is 16.1 Å². The fourth-order valence-corrected chi connectivity index (χ4v) is 3.30. The molecule has 1 amide bonds. The van der Waals surface area contributed by atoms with Crippen LogP contribution in [0.2, 0.25) is 5.02 Å². The summed E-state index contributed by atoms with van der Waals surface area (Å²) in [6.07, 6.45) is 0. The number of carbonyl (C=O) groups excluding carboxylic acids is 1. The fourth-order valence-electron chi connectivity index (χ4n) is 2.24. The van der Waals surface area contributed by atoms with Gasteiger partial charge in [-0.2, -0.15) is 0 Å². The van der Waals surface area contributed by atoms with Gasteiger partial charge >= 0.3 is 0 Å². The number of hydrogen-bond acceptors (Lipinski definition) is 4. The lowest BCUT2D eigenvalue weighted by Crippen LogP contribution is -2.29. The van der Waals surface area contributed by atoms with Gasteiger partial charge in [0.2, 0.25) is 0 Å². The van der Waals surface area contributed by atoms with Crippen LogP contribution in [0.15, 0.2) is 52.4 Å².